The quantitative estimate of drug-likeness (QED) is 0.922. The smallest absolute Gasteiger partial charge is 0.322 e. The van der Waals surface area contributed by atoms with Crippen LogP contribution >= 0.6 is 0 Å². The molecule has 5 heteroatoms. The minimum atomic E-state index is -0.321. The predicted octanol–water partition coefficient (Wildman–Crippen LogP) is 4.20. The Bertz CT molecular complexity index is 688. The SMILES string of the molecule is COc1cccc(C2CCCN2C(=O)Nc2ccc(F)cc2)c1. The standard InChI is InChI=1S/C18H19FN2O2/c1-23-16-5-2-4-13(12-16)17-6-3-11-21(17)18(22)20-15-9-7-14(19)8-10-15/h2,4-5,7-10,12,17H,3,6,11H2,1H3,(H,20,22). The van der Waals surface area contributed by atoms with Gasteiger partial charge in [0.2, 0.25) is 0 Å². The molecule has 1 aliphatic rings. The minimum Gasteiger partial charge on any atom is -0.497 e. The number of carbonyl (C=O) groups excluding carboxylic acids is 1. The molecule has 2 amide bonds. The Morgan fingerprint density at radius 3 is 2.78 bits per heavy atom. The molecule has 1 atom stereocenters. The molecule has 23 heavy (non-hydrogen) atoms. The monoisotopic (exact) mass is 314 g/mol. The Hall–Kier alpha value is -2.56. The van der Waals surface area contributed by atoms with E-state index in [1.54, 1.807) is 19.2 Å². The maximum atomic E-state index is 12.9. The van der Waals surface area contributed by atoms with Gasteiger partial charge in [0.25, 0.3) is 0 Å². The van der Waals surface area contributed by atoms with Gasteiger partial charge in [-0.3, -0.25) is 0 Å². The van der Waals surface area contributed by atoms with Crippen LogP contribution in [0.3, 0.4) is 0 Å². The highest BCUT2D eigenvalue weighted by Gasteiger charge is 2.30. The van der Waals surface area contributed by atoms with Gasteiger partial charge in [-0.05, 0) is 54.8 Å². The molecule has 1 saturated heterocycles. The average molecular weight is 314 g/mol. The van der Waals surface area contributed by atoms with E-state index in [9.17, 15) is 9.18 Å². The first kappa shape index (κ1) is 15.3. The van der Waals surface area contributed by atoms with Crippen LogP contribution < -0.4 is 10.1 Å². The number of methoxy groups -OCH3 is 1. The summed E-state index contributed by atoms with van der Waals surface area (Å²) < 4.78 is 18.2. The highest BCUT2D eigenvalue weighted by molar-refractivity contribution is 5.89. The van der Waals surface area contributed by atoms with Crippen molar-refractivity contribution in [2.45, 2.75) is 18.9 Å². The van der Waals surface area contributed by atoms with Crippen LogP contribution in [0.25, 0.3) is 0 Å². The number of nitrogens with zero attached hydrogens (tertiary/aromatic N) is 1. The molecule has 0 spiro atoms. The number of rotatable bonds is 3. The summed E-state index contributed by atoms with van der Waals surface area (Å²) in [7, 11) is 1.63. The van der Waals surface area contributed by atoms with E-state index in [0.717, 1.165) is 24.2 Å². The first-order valence-corrected chi connectivity index (χ1v) is 7.64. The molecule has 1 unspecified atom stereocenters. The van der Waals surface area contributed by atoms with Gasteiger partial charge in [-0.25, -0.2) is 9.18 Å². The lowest BCUT2D eigenvalue weighted by atomic mass is 10.0. The molecule has 1 N–H and O–H groups in total. The molecule has 120 valence electrons. The fourth-order valence-corrected chi connectivity index (χ4v) is 2.93. The number of amides is 2. The van der Waals surface area contributed by atoms with E-state index in [4.69, 9.17) is 4.74 Å². The van der Waals surface area contributed by atoms with Gasteiger partial charge in [-0.15, -0.1) is 0 Å². The number of anilines is 1. The normalized spacial score (nSPS) is 17.1. The van der Waals surface area contributed by atoms with E-state index in [1.165, 1.54) is 12.1 Å². The summed E-state index contributed by atoms with van der Waals surface area (Å²) in [5, 5.41) is 2.83. The van der Waals surface area contributed by atoms with E-state index in [-0.39, 0.29) is 17.9 Å². The lowest BCUT2D eigenvalue weighted by molar-refractivity contribution is 0.207. The first-order chi connectivity index (χ1) is 11.2. The van der Waals surface area contributed by atoms with Gasteiger partial charge in [0.05, 0.1) is 13.2 Å². The summed E-state index contributed by atoms with van der Waals surface area (Å²) in [6.45, 7) is 0.703. The lowest BCUT2D eigenvalue weighted by Gasteiger charge is -2.25. The number of likely N-dealkylation sites (tertiary alicyclic amines) is 1. The van der Waals surface area contributed by atoms with Gasteiger partial charge in [0.15, 0.2) is 0 Å². The van der Waals surface area contributed by atoms with Crippen molar-refractivity contribution in [3.63, 3.8) is 0 Å². The zero-order chi connectivity index (χ0) is 16.2. The van der Waals surface area contributed by atoms with Crippen molar-refractivity contribution in [1.29, 1.82) is 0 Å². The second kappa shape index (κ2) is 6.69. The number of benzene rings is 2. The van der Waals surface area contributed by atoms with E-state index >= 15 is 0 Å². The molecular formula is C18H19FN2O2. The Morgan fingerprint density at radius 1 is 1.26 bits per heavy atom. The summed E-state index contributed by atoms with van der Waals surface area (Å²) in [5.41, 5.74) is 1.66. The maximum absolute atomic E-state index is 12.9. The highest BCUT2D eigenvalue weighted by atomic mass is 19.1. The van der Waals surface area contributed by atoms with Crippen LogP contribution in [-0.4, -0.2) is 24.6 Å². The zero-order valence-corrected chi connectivity index (χ0v) is 13.0. The summed E-state index contributed by atoms with van der Waals surface area (Å²) in [6.07, 6.45) is 1.88. The van der Waals surface area contributed by atoms with Crippen molar-refractivity contribution >= 4 is 11.7 Å². The number of urea groups is 1. The molecule has 0 radical (unpaired) electrons. The minimum absolute atomic E-state index is 0.0329. The Labute approximate surface area is 134 Å². The third kappa shape index (κ3) is 3.44. The van der Waals surface area contributed by atoms with E-state index in [2.05, 4.69) is 5.32 Å². The molecule has 2 aromatic rings. The van der Waals surface area contributed by atoms with Crippen molar-refractivity contribution in [1.82, 2.24) is 4.90 Å². The number of halogens is 1. The summed E-state index contributed by atoms with van der Waals surface area (Å²) in [5.74, 6) is 0.465. The molecule has 0 bridgehead atoms. The largest absolute Gasteiger partial charge is 0.497 e. The number of hydrogen-bond donors (Lipinski definition) is 1. The van der Waals surface area contributed by atoms with Crippen molar-refractivity contribution in [3.05, 3.63) is 59.9 Å². The molecule has 0 saturated carbocycles. The van der Waals surface area contributed by atoms with Gasteiger partial charge in [0.1, 0.15) is 11.6 Å². The Balaban J connectivity index is 1.75. The Morgan fingerprint density at radius 2 is 2.04 bits per heavy atom. The fraction of sp³-hybridized carbons (Fsp3) is 0.278. The summed E-state index contributed by atoms with van der Waals surface area (Å²) in [4.78, 5) is 14.3. The number of ether oxygens (including phenoxy) is 1. The second-order valence-corrected chi connectivity index (χ2v) is 5.57. The van der Waals surface area contributed by atoms with Crippen LogP contribution in [0.4, 0.5) is 14.9 Å². The number of nitrogens with one attached hydrogen (secondary N) is 1. The summed E-state index contributed by atoms with van der Waals surface area (Å²) in [6, 6.07) is 13.5. The molecule has 1 fully saturated rings. The number of hydrogen-bond acceptors (Lipinski definition) is 2. The molecular weight excluding hydrogens is 295 g/mol. The van der Waals surface area contributed by atoms with Crippen molar-refractivity contribution in [3.8, 4) is 5.75 Å². The van der Waals surface area contributed by atoms with Crippen LogP contribution in [0.2, 0.25) is 0 Å². The van der Waals surface area contributed by atoms with Gasteiger partial charge >= 0.3 is 6.03 Å². The van der Waals surface area contributed by atoms with Gasteiger partial charge in [0, 0.05) is 12.2 Å². The van der Waals surface area contributed by atoms with Crippen LogP contribution in [0.15, 0.2) is 48.5 Å². The van der Waals surface area contributed by atoms with Crippen LogP contribution in [-0.2, 0) is 0 Å². The molecule has 4 nitrogen and oxygen atoms in total. The highest BCUT2D eigenvalue weighted by Crippen LogP contribution is 2.33. The number of carbonyl (C=O) groups is 1. The molecule has 0 aliphatic carbocycles. The van der Waals surface area contributed by atoms with Gasteiger partial charge in [-0.1, -0.05) is 12.1 Å². The fourth-order valence-electron chi connectivity index (χ4n) is 2.93. The second-order valence-electron chi connectivity index (χ2n) is 5.57. The molecule has 2 aromatic carbocycles. The predicted molar refractivity (Wildman–Crippen MR) is 87.1 cm³/mol. The zero-order valence-electron chi connectivity index (χ0n) is 13.0. The van der Waals surface area contributed by atoms with Crippen molar-refractivity contribution < 1.29 is 13.9 Å². The molecule has 0 aromatic heterocycles. The van der Waals surface area contributed by atoms with E-state index in [0.29, 0.717) is 12.2 Å². The maximum Gasteiger partial charge on any atom is 0.322 e. The molecule has 3 rings (SSSR count). The van der Waals surface area contributed by atoms with Crippen LogP contribution in [0.1, 0.15) is 24.4 Å². The molecule has 1 heterocycles. The summed E-state index contributed by atoms with van der Waals surface area (Å²) >= 11 is 0. The van der Waals surface area contributed by atoms with Gasteiger partial charge in [-0.2, -0.15) is 0 Å². The Kier molecular flexibility index (Phi) is 4.46. The van der Waals surface area contributed by atoms with Crippen LogP contribution in [0.5, 0.6) is 5.75 Å². The third-order valence-corrected chi connectivity index (χ3v) is 4.09. The van der Waals surface area contributed by atoms with Crippen LogP contribution in [0, 0.1) is 5.82 Å². The third-order valence-electron chi connectivity index (χ3n) is 4.09. The van der Waals surface area contributed by atoms with E-state index < -0.39 is 0 Å². The van der Waals surface area contributed by atoms with Crippen molar-refractivity contribution in [2.75, 3.05) is 19.0 Å². The van der Waals surface area contributed by atoms with Crippen molar-refractivity contribution in [2.24, 2.45) is 0 Å². The van der Waals surface area contributed by atoms with Gasteiger partial charge < -0.3 is 15.0 Å². The van der Waals surface area contributed by atoms with E-state index in [1.807, 2.05) is 29.2 Å². The lowest BCUT2D eigenvalue weighted by Crippen LogP contribution is -2.34. The first-order valence-electron chi connectivity index (χ1n) is 7.64. The topological polar surface area (TPSA) is 41.6 Å². The molecule has 1 aliphatic heterocycles. The average Bonchev–Trinajstić information content (AvgIpc) is 3.07.